The predicted octanol–water partition coefficient (Wildman–Crippen LogP) is 3.50. The summed E-state index contributed by atoms with van der Waals surface area (Å²) in [7, 11) is 0. The summed E-state index contributed by atoms with van der Waals surface area (Å²) in [5, 5.41) is 3.04. The number of hydrogen-bond donors (Lipinski definition) is 3. The molecule has 5 N–H and O–H groups in total. The fraction of sp³-hybridized carbons (Fsp3) is 0.360. The second kappa shape index (κ2) is 11.3. The number of benzene rings is 1. The van der Waals surface area contributed by atoms with E-state index in [1.54, 1.807) is 36.4 Å². The first-order valence-electron chi connectivity index (χ1n) is 11.5. The lowest BCUT2D eigenvalue weighted by atomic mass is 9.98. The van der Waals surface area contributed by atoms with Gasteiger partial charge in [-0.15, -0.1) is 0 Å². The summed E-state index contributed by atoms with van der Waals surface area (Å²) < 4.78 is 15.0. The van der Waals surface area contributed by atoms with Crippen LogP contribution in [0, 0.1) is 0 Å². The van der Waals surface area contributed by atoms with Crippen LogP contribution in [0.25, 0.3) is 0 Å². The van der Waals surface area contributed by atoms with Gasteiger partial charge in [0.15, 0.2) is 5.69 Å². The molecule has 0 spiro atoms. The van der Waals surface area contributed by atoms with Gasteiger partial charge in [-0.05, 0) is 68.6 Å². The smallest absolute Gasteiger partial charge is 0.270 e. The maximum Gasteiger partial charge on any atom is 0.270 e. The van der Waals surface area contributed by atoms with Crippen molar-refractivity contribution >= 4 is 34.9 Å². The normalized spacial score (nSPS) is 12.1. The van der Waals surface area contributed by atoms with E-state index in [9.17, 15) is 14.4 Å². The van der Waals surface area contributed by atoms with Crippen LogP contribution in [0.2, 0.25) is 0 Å². The molecular formula is C25H31N5O5S. The van der Waals surface area contributed by atoms with Crippen molar-refractivity contribution in [3.05, 3.63) is 64.6 Å². The van der Waals surface area contributed by atoms with E-state index in [-0.39, 0.29) is 28.7 Å². The first kappa shape index (κ1) is 26.7. The molecule has 0 aliphatic rings. The summed E-state index contributed by atoms with van der Waals surface area (Å²) in [6, 6.07) is 9.30. The van der Waals surface area contributed by atoms with Crippen LogP contribution < -0.4 is 21.5 Å². The zero-order valence-corrected chi connectivity index (χ0v) is 21.6. The number of ether oxygens (including phenoxy) is 1. The van der Waals surface area contributed by atoms with Crippen molar-refractivity contribution in [3.8, 4) is 5.75 Å². The Bertz CT molecular complexity index is 1200. The Labute approximate surface area is 213 Å². The van der Waals surface area contributed by atoms with Crippen molar-refractivity contribution in [3.63, 3.8) is 0 Å². The zero-order valence-electron chi connectivity index (χ0n) is 20.7. The van der Waals surface area contributed by atoms with Crippen LogP contribution in [0.4, 0.5) is 5.69 Å². The lowest BCUT2D eigenvalue weighted by molar-refractivity contribution is -0.127. The Balaban J connectivity index is 2.12. The fourth-order valence-corrected chi connectivity index (χ4v) is 4.25. The number of nitrogens with zero attached hydrogens (tertiary/aromatic N) is 2. The van der Waals surface area contributed by atoms with Gasteiger partial charge < -0.3 is 30.8 Å². The van der Waals surface area contributed by atoms with E-state index in [0.29, 0.717) is 30.1 Å². The van der Waals surface area contributed by atoms with Gasteiger partial charge in [0.2, 0.25) is 5.91 Å². The third-order valence-electron chi connectivity index (χ3n) is 5.74. The topological polar surface area (TPSA) is 154 Å². The number of nitrogens with one attached hydrogen (secondary N) is 1. The van der Waals surface area contributed by atoms with Crippen LogP contribution in [-0.2, 0) is 11.3 Å². The summed E-state index contributed by atoms with van der Waals surface area (Å²) in [6.45, 7) is 8.09. The molecular weight excluding hydrogens is 482 g/mol. The van der Waals surface area contributed by atoms with E-state index in [1.807, 2.05) is 27.7 Å². The van der Waals surface area contributed by atoms with Crippen molar-refractivity contribution in [2.45, 2.75) is 52.2 Å². The standard InChI is InChI=1S/C25H31N5O5S/c1-5-25(3,4)28-23(32)20(15-9-11-16(12-10-15)34-6-2)30(14-17-8-7-13-35-17)24(33)21-18(26)19(22(27)31)29-36-21/h7-13,20H,5-6,14,26H2,1-4H3,(H2,27,31)(H,28,32)/t20-/m0/s1. The fourth-order valence-electron chi connectivity index (χ4n) is 3.49. The predicted molar refractivity (Wildman–Crippen MR) is 136 cm³/mol. The zero-order chi connectivity index (χ0) is 26.5. The van der Waals surface area contributed by atoms with Crippen molar-refractivity contribution in [1.29, 1.82) is 0 Å². The molecule has 0 saturated heterocycles. The minimum absolute atomic E-state index is 0.00819. The molecule has 36 heavy (non-hydrogen) atoms. The number of nitrogens with two attached hydrogens (primary N) is 2. The molecule has 10 nitrogen and oxygen atoms in total. The first-order chi connectivity index (χ1) is 17.1. The van der Waals surface area contributed by atoms with Gasteiger partial charge in [0.1, 0.15) is 22.4 Å². The average molecular weight is 514 g/mol. The quantitative estimate of drug-likeness (QED) is 0.354. The molecule has 3 amide bonds. The monoisotopic (exact) mass is 513 g/mol. The van der Waals surface area contributed by atoms with Crippen LogP contribution >= 0.6 is 11.5 Å². The van der Waals surface area contributed by atoms with Gasteiger partial charge in [-0.1, -0.05) is 19.1 Å². The van der Waals surface area contributed by atoms with Crippen LogP contribution in [0.3, 0.4) is 0 Å². The Morgan fingerprint density at radius 2 is 1.89 bits per heavy atom. The number of nitrogen functional groups attached to an aromatic ring is 1. The molecule has 1 atom stereocenters. The van der Waals surface area contributed by atoms with Crippen molar-refractivity contribution in [2.75, 3.05) is 12.3 Å². The highest BCUT2D eigenvalue weighted by Gasteiger charge is 2.37. The van der Waals surface area contributed by atoms with E-state index in [0.717, 1.165) is 11.5 Å². The molecule has 2 heterocycles. The van der Waals surface area contributed by atoms with Crippen LogP contribution in [0.5, 0.6) is 5.75 Å². The highest BCUT2D eigenvalue weighted by atomic mass is 32.1. The van der Waals surface area contributed by atoms with Gasteiger partial charge in [-0.25, -0.2) is 0 Å². The molecule has 3 rings (SSSR count). The lowest BCUT2D eigenvalue weighted by Gasteiger charge is -2.34. The Hall–Kier alpha value is -3.86. The second-order valence-electron chi connectivity index (χ2n) is 8.78. The van der Waals surface area contributed by atoms with E-state index in [1.165, 1.54) is 11.2 Å². The number of rotatable bonds is 11. The summed E-state index contributed by atoms with van der Waals surface area (Å²) in [6.07, 6.45) is 2.15. The van der Waals surface area contributed by atoms with Gasteiger partial charge in [0.25, 0.3) is 11.8 Å². The summed E-state index contributed by atoms with van der Waals surface area (Å²) in [5.74, 6) is -0.719. The average Bonchev–Trinajstić information content (AvgIpc) is 3.48. The van der Waals surface area contributed by atoms with E-state index in [2.05, 4.69) is 9.69 Å². The number of primary amides is 1. The lowest BCUT2D eigenvalue weighted by Crippen LogP contribution is -2.50. The van der Waals surface area contributed by atoms with E-state index < -0.39 is 23.4 Å². The van der Waals surface area contributed by atoms with Gasteiger partial charge in [0, 0.05) is 5.54 Å². The van der Waals surface area contributed by atoms with Gasteiger partial charge in [0.05, 0.1) is 25.1 Å². The van der Waals surface area contributed by atoms with Crippen molar-refractivity contribution in [1.82, 2.24) is 14.6 Å². The van der Waals surface area contributed by atoms with Crippen LogP contribution in [-0.4, -0.2) is 39.1 Å². The number of hydrogen-bond acceptors (Lipinski definition) is 8. The van der Waals surface area contributed by atoms with Crippen molar-refractivity contribution in [2.24, 2.45) is 5.73 Å². The minimum Gasteiger partial charge on any atom is -0.494 e. The van der Waals surface area contributed by atoms with Gasteiger partial charge in [-0.2, -0.15) is 4.37 Å². The number of carbonyl (C=O) groups excluding carboxylic acids is 3. The molecule has 0 bridgehead atoms. The minimum atomic E-state index is -1.05. The maximum atomic E-state index is 13.9. The molecule has 0 aliphatic carbocycles. The van der Waals surface area contributed by atoms with Crippen LogP contribution in [0.1, 0.15) is 71.6 Å². The molecule has 192 valence electrons. The molecule has 3 aromatic rings. The largest absolute Gasteiger partial charge is 0.494 e. The molecule has 0 fully saturated rings. The first-order valence-corrected chi connectivity index (χ1v) is 12.3. The Morgan fingerprint density at radius 1 is 1.19 bits per heavy atom. The summed E-state index contributed by atoms with van der Waals surface area (Å²) >= 11 is 0.755. The number of amides is 3. The number of aromatic nitrogens is 1. The Kier molecular flexibility index (Phi) is 8.36. The second-order valence-corrected chi connectivity index (χ2v) is 9.56. The molecule has 0 radical (unpaired) electrons. The highest BCUT2D eigenvalue weighted by Crippen LogP contribution is 2.31. The summed E-state index contributed by atoms with van der Waals surface area (Å²) in [4.78, 5) is 40.7. The third-order valence-corrected chi connectivity index (χ3v) is 6.59. The number of furan rings is 1. The molecule has 11 heteroatoms. The molecule has 2 aromatic heterocycles. The highest BCUT2D eigenvalue weighted by molar-refractivity contribution is 7.09. The molecule has 1 aromatic carbocycles. The van der Waals surface area contributed by atoms with E-state index in [4.69, 9.17) is 20.6 Å². The van der Waals surface area contributed by atoms with E-state index >= 15 is 0 Å². The SMILES string of the molecule is CCOc1ccc([C@@H](C(=O)NC(C)(C)CC)N(Cc2ccco2)C(=O)c2snc(C(N)=O)c2N)cc1. The molecule has 0 aliphatic heterocycles. The Morgan fingerprint density at radius 3 is 2.42 bits per heavy atom. The maximum absolute atomic E-state index is 13.9. The van der Waals surface area contributed by atoms with Gasteiger partial charge >= 0.3 is 0 Å². The molecule has 0 unspecified atom stereocenters. The third kappa shape index (κ3) is 6.03. The van der Waals surface area contributed by atoms with Crippen LogP contribution in [0.15, 0.2) is 47.1 Å². The summed E-state index contributed by atoms with van der Waals surface area (Å²) in [5.41, 5.74) is 11.1. The number of carbonyl (C=O) groups is 3. The van der Waals surface area contributed by atoms with Gasteiger partial charge in [-0.3, -0.25) is 14.4 Å². The van der Waals surface area contributed by atoms with Crippen molar-refractivity contribution < 1.29 is 23.5 Å². The molecule has 0 saturated carbocycles. The number of anilines is 1.